The Balaban J connectivity index is 1.68. The van der Waals surface area contributed by atoms with Crippen molar-refractivity contribution in [3.05, 3.63) is 18.7 Å². The number of hydrogen-bond acceptors (Lipinski definition) is 3. The van der Waals surface area contributed by atoms with Gasteiger partial charge in [-0.15, -0.1) is 0 Å². The van der Waals surface area contributed by atoms with Crippen LogP contribution in [-0.4, -0.2) is 46.7 Å². The molecule has 1 aliphatic heterocycles. The first-order chi connectivity index (χ1) is 8.79. The van der Waals surface area contributed by atoms with Crippen LogP contribution in [0.2, 0.25) is 0 Å². The smallest absolute Gasteiger partial charge is 0.0946 e. The van der Waals surface area contributed by atoms with Crippen molar-refractivity contribution in [1.29, 1.82) is 0 Å². The predicted octanol–water partition coefficient (Wildman–Crippen LogP) is 1.59. The van der Waals surface area contributed by atoms with Crippen LogP contribution in [0.1, 0.15) is 26.7 Å². The molecular formula is C14H26N4. The molecule has 0 aromatic carbocycles. The van der Waals surface area contributed by atoms with Crippen molar-refractivity contribution in [2.75, 3.05) is 26.2 Å². The van der Waals surface area contributed by atoms with Crippen LogP contribution in [0.4, 0.5) is 0 Å². The Morgan fingerprint density at radius 2 is 2.39 bits per heavy atom. The van der Waals surface area contributed by atoms with Gasteiger partial charge in [0.05, 0.1) is 6.33 Å². The SMILES string of the molecule is CCN1CCCC(C(C)NCCn2ccnc2)C1. The maximum atomic E-state index is 4.06. The van der Waals surface area contributed by atoms with Crippen LogP contribution < -0.4 is 5.32 Å². The van der Waals surface area contributed by atoms with Crippen LogP contribution in [0, 0.1) is 5.92 Å². The minimum atomic E-state index is 0.614. The van der Waals surface area contributed by atoms with E-state index in [1.165, 1.54) is 32.5 Å². The van der Waals surface area contributed by atoms with Crippen LogP contribution in [0.3, 0.4) is 0 Å². The van der Waals surface area contributed by atoms with Crippen molar-refractivity contribution in [2.45, 2.75) is 39.3 Å². The summed E-state index contributed by atoms with van der Waals surface area (Å²) in [6.07, 6.45) is 8.46. The fourth-order valence-electron chi connectivity index (χ4n) is 2.79. The molecule has 1 aliphatic rings. The van der Waals surface area contributed by atoms with Gasteiger partial charge in [-0.05, 0) is 38.8 Å². The molecule has 102 valence electrons. The molecule has 1 N–H and O–H groups in total. The first kappa shape index (κ1) is 13.6. The van der Waals surface area contributed by atoms with Gasteiger partial charge < -0.3 is 14.8 Å². The summed E-state index contributed by atoms with van der Waals surface area (Å²) in [5.74, 6) is 0.807. The van der Waals surface area contributed by atoms with Crippen LogP contribution in [0.5, 0.6) is 0 Å². The lowest BCUT2D eigenvalue weighted by atomic mass is 9.91. The molecule has 1 aromatic rings. The van der Waals surface area contributed by atoms with E-state index in [-0.39, 0.29) is 0 Å². The third-order valence-electron chi connectivity index (χ3n) is 4.09. The minimum Gasteiger partial charge on any atom is -0.336 e. The van der Waals surface area contributed by atoms with E-state index in [0.717, 1.165) is 19.0 Å². The quantitative estimate of drug-likeness (QED) is 0.832. The summed E-state index contributed by atoms with van der Waals surface area (Å²) in [6, 6.07) is 0.614. The number of nitrogens with one attached hydrogen (secondary N) is 1. The normalized spacial score (nSPS) is 23.1. The van der Waals surface area contributed by atoms with E-state index in [4.69, 9.17) is 0 Å². The molecule has 2 rings (SSSR count). The van der Waals surface area contributed by atoms with Crippen molar-refractivity contribution in [3.8, 4) is 0 Å². The first-order valence-electron chi connectivity index (χ1n) is 7.21. The summed E-state index contributed by atoms with van der Waals surface area (Å²) in [5, 5.41) is 3.66. The molecule has 4 heteroatoms. The Kier molecular flexibility index (Phi) is 5.20. The minimum absolute atomic E-state index is 0.614. The van der Waals surface area contributed by atoms with E-state index in [9.17, 15) is 0 Å². The van der Waals surface area contributed by atoms with Gasteiger partial charge in [0, 0.05) is 38.1 Å². The molecule has 2 atom stereocenters. The highest BCUT2D eigenvalue weighted by molar-refractivity contribution is 4.80. The molecular weight excluding hydrogens is 224 g/mol. The van der Waals surface area contributed by atoms with Crippen molar-refractivity contribution < 1.29 is 0 Å². The lowest BCUT2D eigenvalue weighted by molar-refractivity contribution is 0.157. The van der Waals surface area contributed by atoms with E-state index >= 15 is 0 Å². The van der Waals surface area contributed by atoms with Gasteiger partial charge in [0.1, 0.15) is 0 Å². The fraction of sp³-hybridized carbons (Fsp3) is 0.786. The summed E-state index contributed by atoms with van der Waals surface area (Å²) in [6.45, 7) is 10.4. The highest BCUT2D eigenvalue weighted by Crippen LogP contribution is 2.19. The van der Waals surface area contributed by atoms with Gasteiger partial charge in [0.2, 0.25) is 0 Å². The van der Waals surface area contributed by atoms with Gasteiger partial charge >= 0.3 is 0 Å². The highest BCUT2D eigenvalue weighted by atomic mass is 15.1. The third kappa shape index (κ3) is 3.82. The molecule has 0 radical (unpaired) electrons. The second-order valence-corrected chi connectivity index (χ2v) is 5.34. The zero-order valence-corrected chi connectivity index (χ0v) is 11.7. The molecule has 0 amide bonds. The Labute approximate surface area is 110 Å². The zero-order chi connectivity index (χ0) is 12.8. The molecule has 4 nitrogen and oxygen atoms in total. The number of piperidine rings is 1. The molecule has 0 aliphatic carbocycles. The zero-order valence-electron chi connectivity index (χ0n) is 11.7. The fourth-order valence-corrected chi connectivity index (χ4v) is 2.79. The Bertz CT molecular complexity index is 323. The monoisotopic (exact) mass is 250 g/mol. The number of hydrogen-bond donors (Lipinski definition) is 1. The number of rotatable bonds is 6. The summed E-state index contributed by atoms with van der Waals surface area (Å²) >= 11 is 0. The number of likely N-dealkylation sites (tertiary alicyclic amines) is 1. The van der Waals surface area contributed by atoms with E-state index in [2.05, 4.69) is 33.6 Å². The van der Waals surface area contributed by atoms with Gasteiger partial charge in [0.25, 0.3) is 0 Å². The first-order valence-corrected chi connectivity index (χ1v) is 7.21. The van der Waals surface area contributed by atoms with Gasteiger partial charge in [-0.3, -0.25) is 0 Å². The standard InChI is InChI=1S/C14H26N4/c1-3-17-8-4-5-14(11-17)13(2)16-7-10-18-9-6-15-12-18/h6,9,12-14,16H,3-5,7-8,10-11H2,1-2H3. The molecule has 2 unspecified atom stereocenters. The number of nitrogens with zero attached hydrogens (tertiary/aromatic N) is 3. The molecule has 2 heterocycles. The molecule has 0 spiro atoms. The average Bonchev–Trinajstić information content (AvgIpc) is 2.92. The lowest BCUT2D eigenvalue weighted by Gasteiger charge is -2.35. The van der Waals surface area contributed by atoms with Gasteiger partial charge in [-0.25, -0.2) is 4.98 Å². The molecule has 1 fully saturated rings. The molecule has 0 bridgehead atoms. The van der Waals surface area contributed by atoms with E-state index in [1.807, 2.05) is 18.7 Å². The van der Waals surface area contributed by atoms with Crippen molar-refractivity contribution in [3.63, 3.8) is 0 Å². The Hall–Kier alpha value is -0.870. The van der Waals surface area contributed by atoms with Crippen molar-refractivity contribution >= 4 is 0 Å². The number of aromatic nitrogens is 2. The summed E-state index contributed by atoms with van der Waals surface area (Å²) in [5.41, 5.74) is 0. The van der Waals surface area contributed by atoms with Crippen LogP contribution in [0.15, 0.2) is 18.7 Å². The number of imidazole rings is 1. The van der Waals surface area contributed by atoms with Crippen LogP contribution >= 0.6 is 0 Å². The molecule has 1 aromatic heterocycles. The Morgan fingerprint density at radius 3 is 3.11 bits per heavy atom. The second-order valence-electron chi connectivity index (χ2n) is 5.34. The Morgan fingerprint density at radius 1 is 1.50 bits per heavy atom. The van der Waals surface area contributed by atoms with Crippen molar-refractivity contribution in [1.82, 2.24) is 19.8 Å². The molecule has 0 saturated carbocycles. The van der Waals surface area contributed by atoms with Gasteiger partial charge in [-0.2, -0.15) is 0 Å². The van der Waals surface area contributed by atoms with Crippen LogP contribution in [-0.2, 0) is 6.54 Å². The van der Waals surface area contributed by atoms with Crippen molar-refractivity contribution in [2.24, 2.45) is 5.92 Å². The predicted molar refractivity (Wildman–Crippen MR) is 74.5 cm³/mol. The maximum absolute atomic E-state index is 4.06. The van der Waals surface area contributed by atoms with Gasteiger partial charge in [0.15, 0.2) is 0 Å². The second kappa shape index (κ2) is 6.90. The summed E-state index contributed by atoms with van der Waals surface area (Å²) in [4.78, 5) is 6.63. The topological polar surface area (TPSA) is 33.1 Å². The highest BCUT2D eigenvalue weighted by Gasteiger charge is 2.23. The van der Waals surface area contributed by atoms with E-state index in [1.54, 1.807) is 0 Å². The third-order valence-corrected chi connectivity index (χ3v) is 4.09. The average molecular weight is 250 g/mol. The molecule has 18 heavy (non-hydrogen) atoms. The van der Waals surface area contributed by atoms with Gasteiger partial charge in [-0.1, -0.05) is 6.92 Å². The maximum Gasteiger partial charge on any atom is 0.0946 e. The summed E-state index contributed by atoms with van der Waals surface area (Å²) < 4.78 is 2.12. The van der Waals surface area contributed by atoms with Crippen LogP contribution in [0.25, 0.3) is 0 Å². The lowest BCUT2D eigenvalue weighted by Crippen LogP contribution is -2.45. The largest absolute Gasteiger partial charge is 0.336 e. The van der Waals surface area contributed by atoms with E-state index < -0.39 is 0 Å². The summed E-state index contributed by atoms with van der Waals surface area (Å²) in [7, 11) is 0. The van der Waals surface area contributed by atoms with E-state index in [0.29, 0.717) is 6.04 Å². The molecule has 1 saturated heterocycles.